The quantitative estimate of drug-likeness (QED) is 0.468. The first-order chi connectivity index (χ1) is 4.34. The zero-order chi connectivity index (χ0) is 6.69. The van der Waals surface area contributed by atoms with E-state index in [2.05, 4.69) is 41.4 Å². The third-order valence-electron chi connectivity index (χ3n) is 1.15. The normalized spacial score (nSPS) is 27.7. The maximum atomic E-state index is 4.65. The highest BCUT2D eigenvalue weighted by atomic mass is 32.2. The molecule has 0 aromatic heterocycles. The molecule has 0 saturated heterocycles. The van der Waals surface area contributed by atoms with E-state index in [9.17, 15) is 0 Å². The van der Waals surface area contributed by atoms with Gasteiger partial charge in [0.15, 0.2) is 0 Å². The van der Waals surface area contributed by atoms with E-state index >= 15 is 0 Å². The summed E-state index contributed by atoms with van der Waals surface area (Å²) >= 11 is 4.65. The lowest BCUT2D eigenvalue weighted by Crippen LogP contribution is -2.06. The molecule has 3 heteroatoms. The lowest BCUT2D eigenvalue weighted by molar-refractivity contribution is 1.32. The molecule has 1 heterocycles. The average molecular weight is 159 g/mol. The van der Waals surface area contributed by atoms with Crippen molar-refractivity contribution < 1.29 is 0 Å². The van der Waals surface area contributed by atoms with Gasteiger partial charge in [0.1, 0.15) is 0 Å². The maximum absolute atomic E-state index is 4.65. The fraction of sp³-hybridized carbons (Fsp3) is 0.167. The van der Waals surface area contributed by atoms with Crippen LogP contribution in [-0.2, 0) is 0 Å². The third kappa shape index (κ3) is 1.56. The highest BCUT2D eigenvalue weighted by Crippen LogP contribution is 2.34. The summed E-state index contributed by atoms with van der Waals surface area (Å²) in [6.07, 6.45) is 6.32. The van der Waals surface area contributed by atoms with Crippen molar-refractivity contribution >= 4 is 28.6 Å². The van der Waals surface area contributed by atoms with Crippen LogP contribution in [0.3, 0.4) is 0 Å². The fourth-order valence-corrected chi connectivity index (χ4v) is 1.98. The Labute approximate surface area is 63.2 Å². The van der Waals surface area contributed by atoms with Gasteiger partial charge in [-0.05, 0) is 17.7 Å². The van der Waals surface area contributed by atoms with E-state index in [1.807, 2.05) is 0 Å². The van der Waals surface area contributed by atoms with Crippen LogP contribution in [0.15, 0.2) is 22.6 Å². The fourth-order valence-electron chi connectivity index (χ4n) is 0.671. The van der Waals surface area contributed by atoms with Crippen molar-refractivity contribution in [2.24, 2.45) is 0 Å². The largest absolute Gasteiger partial charge is 0.349 e. The summed E-state index contributed by atoms with van der Waals surface area (Å²) in [5, 5.41) is 6.45. The Morgan fingerprint density at radius 2 is 2.56 bits per heavy atom. The second-order valence-corrected chi connectivity index (χ2v) is 4.00. The Kier molecular flexibility index (Phi) is 2.30. The molecule has 0 aromatic carbocycles. The molecule has 50 valence electrons. The standard InChI is InChI=1S/C6H9NS2/c1-9-4-2-3-6(9)7-5-8/h2-5,9H,1H3,(H,7,8). The van der Waals surface area contributed by atoms with Crippen LogP contribution in [0.5, 0.6) is 0 Å². The molecule has 1 aliphatic heterocycles. The minimum atomic E-state index is -0.0628. The number of thiol groups is 1. The van der Waals surface area contributed by atoms with Crippen LogP contribution in [0.2, 0.25) is 0 Å². The van der Waals surface area contributed by atoms with E-state index in [1.54, 1.807) is 5.49 Å². The van der Waals surface area contributed by atoms with Gasteiger partial charge in [0, 0.05) is 0 Å². The maximum Gasteiger partial charge on any atom is 0.0662 e. The Bertz CT molecular complexity index is 172. The molecular formula is C6H9NS2. The van der Waals surface area contributed by atoms with E-state index in [0.29, 0.717) is 0 Å². The van der Waals surface area contributed by atoms with E-state index in [0.717, 1.165) is 0 Å². The average Bonchev–Trinajstić information content (AvgIpc) is 2.18. The molecule has 0 aromatic rings. The van der Waals surface area contributed by atoms with Gasteiger partial charge in [0.25, 0.3) is 0 Å². The summed E-state index contributed by atoms with van der Waals surface area (Å²) < 4.78 is 0. The Balaban J connectivity index is 2.53. The lowest BCUT2D eigenvalue weighted by atomic mass is 10.6. The Morgan fingerprint density at radius 1 is 1.78 bits per heavy atom. The van der Waals surface area contributed by atoms with Crippen LogP contribution in [0, 0.1) is 0 Å². The number of rotatable bonds is 2. The van der Waals surface area contributed by atoms with E-state index in [4.69, 9.17) is 0 Å². The van der Waals surface area contributed by atoms with E-state index in [1.165, 1.54) is 5.03 Å². The minimum absolute atomic E-state index is 0.0628. The molecule has 0 radical (unpaired) electrons. The molecule has 1 unspecified atom stereocenters. The summed E-state index contributed by atoms with van der Waals surface area (Å²) in [6.45, 7) is 0. The zero-order valence-corrected chi connectivity index (χ0v) is 6.88. The molecule has 0 fully saturated rings. The summed E-state index contributed by atoms with van der Waals surface area (Å²) in [6, 6.07) is 0. The molecule has 0 amide bonds. The van der Waals surface area contributed by atoms with Gasteiger partial charge in [-0.1, -0.05) is 18.3 Å². The molecule has 9 heavy (non-hydrogen) atoms. The lowest BCUT2D eigenvalue weighted by Gasteiger charge is -2.09. The first-order valence-corrected chi connectivity index (χ1v) is 4.99. The van der Waals surface area contributed by atoms with Gasteiger partial charge in [-0.25, -0.2) is 0 Å². The van der Waals surface area contributed by atoms with Crippen LogP contribution < -0.4 is 5.32 Å². The summed E-state index contributed by atoms with van der Waals surface area (Å²) in [7, 11) is -0.0628. The van der Waals surface area contributed by atoms with Crippen molar-refractivity contribution in [2.75, 3.05) is 6.26 Å². The van der Waals surface area contributed by atoms with Crippen LogP contribution in [0.4, 0.5) is 0 Å². The monoisotopic (exact) mass is 159 g/mol. The molecule has 1 nitrogen and oxygen atoms in total. The first-order valence-electron chi connectivity index (χ1n) is 2.66. The Hall–Kier alpha value is -0.280. The van der Waals surface area contributed by atoms with Crippen LogP contribution in [0.1, 0.15) is 0 Å². The Morgan fingerprint density at radius 3 is 3.00 bits per heavy atom. The first kappa shape index (κ1) is 6.83. The molecule has 1 rings (SSSR count). The molecule has 1 aliphatic rings. The molecule has 1 N–H and O–H groups in total. The second kappa shape index (κ2) is 3.03. The third-order valence-corrected chi connectivity index (χ3v) is 2.93. The van der Waals surface area contributed by atoms with Gasteiger partial charge >= 0.3 is 0 Å². The molecule has 0 bridgehead atoms. The van der Waals surface area contributed by atoms with Crippen molar-refractivity contribution in [1.82, 2.24) is 5.32 Å². The highest BCUT2D eigenvalue weighted by Gasteiger charge is 2.01. The highest BCUT2D eigenvalue weighted by molar-refractivity contribution is 8.22. The minimum Gasteiger partial charge on any atom is -0.349 e. The second-order valence-electron chi connectivity index (χ2n) is 1.77. The molecule has 0 spiro atoms. The number of allylic oxidation sites excluding steroid dienone is 2. The van der Waals surface area contributed by atoms with Crippen LogP contribution in [0.25, 0.3) is 0 Å². The summed E-state index contributed by atoms with van der Waals surface area (Å²) in [4.78, 5) is 0. The molecule has 0 saturated carbocycles. The predicted molar refractivity (Wildman–Crippen MR) is 48.9 cm³/mol. The number of hydrogen-bond acceptors (Lipinski definition) is 1. The number of nitrogens with one attached hydrogen (secondary N) is 1. The summed E-state index contributed by atoms with van der Waals surface area (Å²) in [5.74, 6) is 0. The molecular weight excluding hydrogens is 150 g/mol. The smallest absolute Gasteiger partial charge is 0.0662 e. The van der Waals surface area contributed by atoms with Crippen LogP contribution >= 0.6 is 23.1 Å². The van der Waals surface area contributed by atoms with Gasteiger partial charge < -0.3 is 5.32 Å². The van der Waals surface area contributed by atoms with Crippen molar-refractivity contribution in [2.45, 2.75) is 0 Å². The van der Waals surface area contributed by atoms with Crippen LogP contribution in [-0.4, -0.2) is 11.7 Å². The SMILES string of the molecule is C[SH]1C=CC=C1NC=S. The van der Waals surface area contributed by atoms with Crippen molar-refractivity contribution in [3.8, 4) is 0 Å². The van der Waals surface area contributed by atoms with Crippen molar-refractivity contribution in [3.63, 3.8) is 0 Å². The molecule has 0 aliphatic carbocycles. The van der Waals surface area contributed by atoms with Gasteiger partial charge in [0.05, 0.1) is 10.5 Å². The van der Waals surface area contributed by atoms with E-state index in [-0.39, 0.29) is 10.9 Å². The number of thiocarbonyl (C=S) groups is 1. The van der Waals surface area contributed by atoms with Gasteiger partial charge in [-0.2, -0.15) is 10.9 Å². The summed E-state index contributed by atoms with van der Waals surface area (Å²) in [5.41, 5.74) is 1.55. The van der Waals surface area contributed by atoms with Crippen molar-refractivity contribution in [3.05, 3.63) is 22.6 Å². The van der Waals surface area contributed by atoms with Gasteiger partial charge in [-0.15, -0.1) is 0 Å². The zero-order valence-electron chi connectivity index (χ0n) is 5.16. The topological polar surface area (TPSA) is 12.0 Å². The number of hydrogen-bond donors (Lipinski definition) is 2. The van der Waals surface area contributed by atoms with E-state index < -0.39 is 0 Å². The predicted octanol–water partition coefficient (Wildman–Crippen LogP) is 1.53. The molecule has 1 atom stereocenters. The van der Waals surface area contributed by atoms with Crippen molar-refractivity contribution in [1.29, 1.82) is 0 Å². The van der Waals surface area contributed by atoms with Gasteiger partial charge in [0.2, 0.25) is 0 Å². The van der Waals surface area contributed by atoms with Gasteiger partial charge in [-0.3, -0.25) is 0 Å².